The molecule has 0 unspecified atom stereocenters. The molecule has 19 nitrogen and oxygen atoms in total. The molecule has 0 saturated carbocycles. The second-order valence-corrected chi connectivity index (χ2v) is 10.1. The number of imidazole rings is 1. The molecule has 4 N–H and O–H groups in total. The lowest BCUT2D eigenvalue weighted by Crippen LogP contribution is -2.18. The van der Waals surface area contributed by atoms with Gasteiger partial charge in [0, 0.05) is 30.9 Å². The fraction of sp³-hybridized carbons (Fsp3) is 0.100. The van der Waals surface area contributed by atoms with Crippen molar-refractivity contribution in [2.24, 2.45) is 0 Å². The number of carbonyl (C=O) groups is 4. The Bertz CT molecular complexity index is 2260. The normalized spacial score (nSPS) is 10.8. The van der Waals surface area contributed by atoms with Crippen LogP contribution in [0.2, 0.25) is 0 Å². The van der Waals surface area contributed by atoms with Gasteiger partial charge in [-0.1, -0.05) is 0 Å². The lowest BCUT2D eigenvalue weighted by atomic mass is 10.1. The summed E-state index contributed by atoms with van der Waals surface area (Å²) in [7, 11) is 1.27. The summed E-state index contributed by atoms with van der Waals surface area (Å²) >= 11 is 0. The number of rotatable bonds is 12. The molecule has 50 heavy (non-hydrogen) atoms. The van der Waals surface area contributed by atoms with Gasteiger partial charge in [0.15, 0.2) is 34.4 Å². The molecule has 6 aromatic rings. The van der Waals surface area contributed by atoms with Crippen LogP contribution in [0.5, 0.6) is 11.5 Å². The van der Waals surface area contributed by atoms with E-state index in [1.54, 1.807) is 10.8 Å². The van der Waals surface area contributed by atoms with Crippen molar-refractivity contribution in [1.82, 2.24) is 45.0 Å². The second kappa shape index (κ2) is 13.8. The van der Waals surface area contributed by atoms with E-state index in [4.69, 9.17) is 9.47 Å². The maximum atomic E-state index is 15.1. The monoisotopic (exact) mass is 683 g/mol. The number of aromatic carboxylic acids is 2. The van der Waals surface area contributed by atoms with Crippen molar-refractivity contribution < 1.29 is 43.3 Å². The van der Waals surface area contributed by atoms with E-state index in [9.17, 15) is 29.4 Å². The molecule has 0 aliphatic rings. The number of anilines is 2. The van der Waals surface area contributed by atoms with Crippen LogP contribution in [0.4, 0.5) is 15.8 Å². The average molecular weight is 684 g/mol. The molecule has 0 atom stereocenters. The standard InChI is InChI=1S/C30H22FN11O8/c1-49-23-12-17(30(47)48)22(34-28(44)20-3-5-26-37-39-40-42(26)38-20)13-24(23)50-9-6-15-10-21(16(29(45)46)11-18(15)31)33-27(43)19-2-4-25(36-35-19)41-8-7-32-14-41/h2-5,7-8,10-14H,6,9H2,1H3,(H,33,43)(H,34,44)(H,45,46)(H,47,48). The average Bonchev–Trinajstić information content (AvgIpc) is 3.82. The SMILES string of the molecule is COc1cc(C(=O)O)c(NC(=O)c2ccc3nnnn3n2)cc1OCCc1cc(NC(=O)c2ccc(-n3ccnc3)nn2)c(C(=O)O)cc1F. The highest BCUT2D eigenvalue weighted by Gasteiger charge is 2.22. The molecular formula is C30H22FN11O8. The van der Waals surface area contributed by atoms with Gasteiger partial charge in [0.05, 0.1) is 36.2 Å². The fourth-order valence-electron chi connectivity index (χ4n) is 4.60. The van der Waals surface area contributed by atoms with E-state index >= 15 is 4.39 Å². The summed E-state index contributed by atoms with van der Waals surface area (Å²) < 4.78 is 28.7. The van der Waals surface area contributed by atoms with Crippen LogP contribution in [0, 0.1) is 5.82 Å². The minimum absolute atomic E-state index is 0.00880. The molecule has 4 heterocycles. The van der Waals surface area contributed by atoms with E-state index in [1.807, 2.05) is 0 Å². The van der Waals surface area contributed by atoms with Gasteiger partial charge in [-0.2, -0.15) is 0 Å². The first-order chi connectivity index (χ1) is 24.1. The summed E-state index contributed by atoms with van der Waals surface area (Å²) in [6.07, 6.45) is 4.51. The Balaban J connectivity index is 1.19. The number of aromatic nitrogens is 9. The predicted octanol–water partition coefficient (Wildman–Crippen LogP) is 2.17. The van der Waals surface area contributed by atoms with Crippen LogP contribution in [0.3, 0.4) is 0 Å². The molecule has 6 rings (SSSR count). The maximum absolute atomic E-state index is 15.1. The third-order valence-corrected chi connectivity index (χ3v) is 7.03. The number of hydrogen-bond donors (Lipinski definition) is 4. The van der Waals surface area contributed by atoms with Crippen LogP contribution >= 0.6 is 0 Å². The topological polar surface area (TPSA) is 251 Å². The highest BCUT2D eigenvalue weighted by atomic mass is 19.1. The zero-order valence-electron chi connectivity index (χ0n) is 25.5. The third kappa shape index (κ3) is 6.83. The Hall–Kier alpha value is -7.38. The van der Waals surface area contributed by atoms with E-state index < -0.39 is 35.1 Å². The van der Waals surface area contributed by atoms with Crippen LogP contribution < -0.4 is 20.1 Å². The number of amides is 2. The highest BCUT2D eigenvalue weighted by molar-refractivity contribution is 6.08. The van der Waals surface area contributed by atoms with Crippen molar-refractivity contribution in [1.29, 1.82) is 0 Å². The number of halogens is 1. The number of nitrogens with zero attached hydrogens (tertiary/aromatic N) is 9. The van der Waals surface area contributed by atoms with Crippen molar-refractivity contribution >= 4 is 40.8 Å². The first kappa shape index (κ1) is 32.6. The zero-order valence-corrected chi connectivity index (χ0v) is 25.5. The van der Waals surface area contributed by atoms with Gasteiger partial charge in [-0.25, -0.2) is 19.0 Å². The molecular weight excluding hydrogens is 661 g/mol. The number of fused-ring (bicyclic) bond motifs is 1. The highest BCUT2D eigenvalue weighted by Crippen LogP contribution is 2.34. The lowest BCUT2D eigenvalue weighted by Gasteiger charge is -2.16. The number of methoxy groups -OCH3 is 1. The molecule has 0 bridgehead atoms. The Labute approximate surface area is 278 Å². The number of hydrogen-bond acceptors (Lipinski definition) is 13. The fourth-order valence-corrected chi connectivity index (χ4v) is 4.60. The van der Waals surface area contributed by atoms with Crippen LogP contribution in [-0.4, -0.2) is 92.7 Å². The predicted molar refractivity (Wildman–Crippen MR) is 166 cm³/mol. The number of carboxylic acids is 2. The number of ether oxygens (including phenoxy) is 2. The summed E-state index contributed by atoms with van der Waals surface area (Å²) in [5, 5.41) is 47.0. The van der Waals surface area contributed by atoms with Crippen LogP contribution in [0.25, 0.3) is 11.5 Å². The van der Waals surface area contributed by atoms with Crippen LogP contribution in [0.1, 0.15) is 47.3 Å². The molecule has 0 radical (unpaired) electrons. The molecule has 0 fully saturated rings. The van der Waals surface area contributed by atoms with Gasteiger partial charge >= 0.3 is 11.9 Å². The van der Waals surface area contributed by atoms with Gasteiger partial charge in [-0.05, 0) is 52.4 Å². The molecule has 0 spiro atoms. The Kier molecular flexibility index (Phi) is 8.97. The Morgan fingerprint density at radius 1 is 0.860 bits per heavy atom. The van der Waals surface area contributed by atoms with Gasteiger partial charge in [0.25, 0.3) is 11.8 Å². The van der Waals surface area contributed by atoms with E-state index in [2.05, 4.69) is 46.4 Å². The van der Waals surface area contributed by atoms with E-state index in [-0.39, 0.29) is 64.1 Å². The molecule has 0 aliphatic carbocycles. The first-order valence-corrected chi connectivity index (χ1v) is 14.2. The molecule has 0 saturated heterocycles. The summed E-state index contributed by atoms with van der Waals surface area (Å²) in [6, 6.07) is 9.92. The largest absolute Gasteiger partial charge is 0.493 e. The molecule has 2 aromatic carbocycles. The molecule has 4 aromatic heterocycles. The number of benzene rings is 2. The van der Waals surface area contributed by atoms with Crippen LogP contribution in [0.15, 0.2) is 67.3 Å². The first-order valence-electron chi connectivity index (χ1n) is 14.2. The number of carboxylic acid groups (broad SMARTS) is 2. The second-order valence-electron chi connectivity index (χ2n) is 10.1. The van der Waals surface area contributed by atoms with Gasteiger partial charge in [-0.3, -0.25) is 14.2 Å². The number of nitrogens with one attached hydrogen (secondary N) is 2. The number of tetrazole rings is 1. The summed E-state index contributed by atoms with van der Waals surface area (Å²) in [5.74, 6) is -4.97. The zero-order chi connectivity index (χ0) is 35.4. The third-order valence-electron chi connectivity index (χ3n) is 7.03. The Morgan fingerprint density at radius 2 is 1.58 bits per heavy atom. The maximum Gasteiger partial charge on any atom is 0.337 e. The van der Waals surface area contributed by atoms with E-state index in [0.717, 1.165) is 22.8 Å². The lowest BCUT2D eigenvalue weighted by molar-refractivity contribution is 0.0686. The quantitative estimate of drug-likeness (QED) is 0.144. The van der Waals surface area contributed by atoms with Crippen molar-refractivity contribution in [3.63, 3.8) is 0 Å². The van der Waals surface area contributed by atoms with E-state index in [0.29, 0.717) is 5.82 Å². The van der Waals surface area contributed by atoms with E-state index in [1.165, 1.54) is 50.0 Å². The number of carbonyl (C=O) groups excluding carboxylic acids is 2. The smallest absolute Gasteiger partial charge is 0.337 e. The summed E-state index contributed by atoms with van der Waals surface area (Å²) in [6.45, 7) is -0.231. The molecule has 252 valence electrons. The molecule has 20 heteroatoms. The van der Waals surface area contributed by atoms with Crippen molar-refractivity contribution in [3.8, 4) is 17.3 Å². The minimum Gasteiger partial charge on any atom is -0.493 e. The van der Waals surface area contributed by atoms with Crippen molar-refractivity contribution in [2.45, 2.75) is 6.42 Å². The van der Waals surface area contributed by atoms with Gasteiger partial charge < -0.3 is 30.3 Å². The molecule has 2 amide bonds. The van der Waals surface area contributed by atoms with Gasteiger partial charge in [0.1, 0.15) is 12.1 Å². The summed E-state index contributed by atoms with van der Waals surface area (Å²) in [5.41, 5.74) is -1.21. The summed E-state index contributed by atoms with van der Waals surface area (Å²) in [4.78, 5) is 53.7. The molecule has 0 aliphatic heterocycles. The van der Waals surface area contributed by atoms with Crippen molar-refractivity contribution in [3.05, 3.63) is 101 Å². The van der Waals surface area contributed by atoms with Crippen molar-refractivity contribution in [2.75, 3.05) is 24.4 Å². The Morgan fingerprint density at radius 3 is 2.26 bits per heavy atom. The minimum atomic E-state index is -1.49. The van der Waals surface area contributed by atoms with Gasteiger partial charge in [-0.15, -0.1) is 25.0 Å². The van der Waals surface area contributed by atoms with Gasteiger partial charge in [0.2, 0.25) is 0 Å². The van der Waals surface area contributed by atoms with Crippen LogP contribution in [-0.2, 0) is 6.42 Å².